The second-order valence-electron chi connectivity index (χ2n) is 9.94. The van der Waals surface area contributed by atoms with E-state index in [1.54, 1.807) is 0 Å². The maximum atomic E-state index is 13.2. The molecule has 0 aromatic rings. The Morgan fingerprint density at radius 2 is 1.77 bits per heavy atom. The third-order valence-corrected chi connectivity index (χ3v) is 7.29. The van der Waals surface area contributed by atoms with Crippen LogP contribution in [0.1, 0.15) is 46.0 Å². The fourth-order valence-corrected chi connectivity index (χ4v) is 5.65. The number of piperazine rings is 1. The quantitative estimate of drug-likeness (QED) is 0.758. The van der Waals surface area contributed by atoms with Gasteiger partial charge in [-0.15, -0.1) is 0 Å². The van der Waals surface area contributed by atoms with Gasteiger partial charge in [-0.1, -0.05) is 13.8 Å². The Morgan fingerprint density at radius 1 is 1.03 bits per heavy atom. The molecule has 0 spiro atoms. The zero-order valence-electron chi connectivity index (χ0n) is 18.5. The Hall–Kier alpha value is -1.99. The Labute approximate surface area is 179 Å². The summed E-state index contributed by atoms with van der Waals surface area (Å²) in [6.07, 6.45) is 4.87. The molecular weight excluding hydrogens is 382 g/mol. The molecule has 4 aliphatic rings. The molecule has 0 aromatic carbocycles. The highest BCUT2D eigenvalue weighted by Gasteiger charge is 2.45. The lowest BCUT2D eigenvalue weighted by molar-refractivity contribution is -0.144. The van der Waals surface area contributed by atoms with Crippen LogP contribution in [-0.4, -0.2) is 96.0 Å². The predicted molar refractivity (Wildman–Crippen MR) is 114 cm³/mol. The fraction of sp³-hybridized carbons (Fsp3) is 0.864. The zero-order valence-corrected chi connectivity index (χ0v) is 18.5. The summed E-state index contributed by atoms with van der Waals surface area (Å²) < 4.78 is 0. The van der Waals surface area contributed by atoms with Crippen LogP contribution < -0.4 is 5.32 Å². The SMILES string of the molecule is CC(C)CCNC(=O)N1CCN(C(=O)N2CC3CC(C2)[C@H]2CCCC(=O)N2C3)CC1. The average Bonchev–Trinajstić information content (AvgIpc) is 2.73. The summed E-state index contributed by atoms with van der Waals surface area (Å²) in [6, 6.07) is 0.418. The van der Waals surface area contributed by atoms with Crippen molar-refractivity contribution in [2.24, 2.45) is 17.8 Å². The first-order valence-electron chi connectivity index (χ1n) is 11.8. The van der Waals surface area contributed by atoms with Gasteiger partial charge in [0.25, 0.3) is 0 Å². The van der Waals surface area contributed by atoms with E-state index in [9.17, 15) is 14.4 Å². The van der Waals surface area contributed by atoms with Crippen LogP contribution in [0.2, 0.25) is 0 Å². The number of likely N-dealkylation sites (tertiary alicyclic amines) is 1. The number of carbonyl (C=O) groups excluding carboxylic acids is 3. The summed E-state index contributed by atoms with van der Waals surface area (Å²) in [4.78, 5) is 45.7. The van der Waals surface area contributed by atoms with E-state index >= 15 is 0 Å². The molecule has 3 atom stereocenters. The van der Waals surface area contributed by atoms with E-state index in [4.69, 9.17) is 0 Å². The molecule has 1 N–H and O–H groups in total. The molecule has 4 saturated heterocycles. The van der Waals surface area contributed by atoms with E-state index in [-0.39, 0.29) is 12.1 Å². The molecule has 4 heterocycles. The number of hydrogen-bond acceptors (Lipinski definition) is 3. The van der Waals surface area contributed by atoms with E-state index in [0.717, 1.165) is 45.3 Å². The maximum Gasteiger partial charge on any atom is 0.320 e. The minimum Gasteiger partial charge on any atom is -0.339 e. The molecule has 4 fully saturated rings. The molecular formula is C22H37N5O3. The first-order chi connectivity index (χ1) is 14.4. The summed E-state index contributed by atoms with van der Waals surface area (Å²) in [7, 11) is 0. The van der Waals surface area contributed by atoms with Gasteiger partial charge in [-0.3, -0.25) is 4.79 Å². The molecule has 0 radical (unpaired) electrons. The van der Waals surface area contributed by atoms with Crippen LogP contribution in [-0.2, 0) is 4.79 Å². The lowest BCUT2D eigenvalue weighted by atomic mass is 9.76. The molecule has 2 unspecified atom stereocenters. The predicted octanol–water partition coefficient (Wildman–Crippen LogP) is 1.81. The third-order valence-electron chi connectivity index (χ3n) is 7.29. The maximum absolute atomic E-state index is 13.2. The van der Waals surface area contributed by atoms with Crippen molar-refractivity contribution in [3.8, 4) is 0 Å². The van der Waals surface area contributed by atoms with Gasteiger partial charge in [0.15, 0.2) is 0 Å². The van der Waals surface area contributed by atoms with E-state index in [1.165, 1.54) is 0 Å². The molecule has 8 heteroatoms. The van der Waals surface area contributed by atoms with Crippen molar-refractivity contribution in [1.82, 2.24) is 24.9 Å². The van der Waals surface area contributed by atoms with Gasteiger partial charge in [-0.05, 0) is 43.4 Å². The van der Waals surface area contributed by atoms with E-state index < -0.39 is 0 Å². The summed E-state index contributed by atoms with van der Waals surface area (Å²) in [6.45, 7) is 9.69. The molecule has 4 aliphatic heterocycles. The second kappa shape index (κ2) is 9.02. The molecule has 2 bridgehead atoms. The topological polar surface area (TPSA) is 76.2 Å². The number of urea groups is 2. The molecule has 0 saturated carbocycles. The molecule has 5 amide bonds. The van der Waals surface area contributed by atoms with Crippen LogP contribution >= 0.6 is 0 Å². The van der Waals surface area contributed by atoms with Gasteiger partial charge in [0.05, 0.1) is 0 Å². The number of carbonyl (C=O) groups is 3. The lowest BCUT2D eigenvalue weighted by Crippen LogP contribution is -2.63. The minimum absolute atomic E-state index is 0.0164. The summed E-state index contributed by atoms with van der Waals surface area (Å²) in [5.41, 5.74) is 0. The zero-order chi connectivity index (χ0) is 21.3. The van der Waals surface area contributed by atoms with Crippen molar-refractivity contribution >= 4 is 18.0 Å². The number of nitrogens with zero attached hydrogens (tertiary/aromatic N) is 4. The normalized spacial score (nSPS) is 29.2. The first kappa shape index (κ1) is 21.2. The van der Waals surface area contributed by atoms with Crippen LogP contribution in [0, 0.1) is 17.8 Å². The Morgan fingerprint density at radius 3 is 2.50 bits per heavy atom. The van der Waals surface area contributed by atoms with Crippen molar-refractivity contribution < 1.29 is 14.4 Å². The first-order valence-corrected chi connectivity index (χ1v) is 11.8. The van der Waals surface area contributed by atoms with Gasteiger partial charge in [-0.2, -0.15) is 0 Å². The van der Waals surface area contributed by atoms with Gasteiger partial charge in [0, 0.05) is 64.8 Å². The summed E-state index contributed by atoms with van der Waals surface area (Å²) in [5.74, 6) is 1.70. The number of amides is 5. The van der Waals surface area contributed by atoms with Gasteiger partial charge in [-0.25, -0.2) is 9.59 Å². The third kappa shape index (κ3) is 4.52. The summed E-state index contributed by atoms with van der Waals surface area (Å²) in [5, 5.41) is 2.99. The molecule has 4 rings (SSSR count). The van der Waals surface area contributed by atoms with Crippen LogP contribution in [0.3, 0.4) is 0 Å². The van der Waals surface area contributed by atoms with Crippen molar-refractivity contribution in [1.29, 1.82) is 0 Å². The Kier molecular flexibility index (Phi) is 6.39. The molecule has 168 valence electrons. The number of piperidine rings is 3. The number of fused-ring (bicyclic) bond motifs is 4. The smallest absolute Gasteiger partial charge is 0.320 e. The van der Waals surface area contributed by atoms with Gasteiger partial charge in [0.1, 0.15) is 0 Å². The number of hydrogen-bond donors (Lipinski definition) is 1. The van der Waals surface area contributed by atoms with Gasteiger partial charge >= 0.3 is 12.1 Å². The van der Waals surface area contributed by atoms with Crippen LogP contribution in [0.5, 0.6) is 0 Å². The average molecular weight is 420 g/mol. The molecule has 0 aromatic heterocycles. The van der Waals surface area contributed by atoms with E-state index in [2.05, 4.69) is 24.1 Å². The summed E-state index contributed by atoms with van der Waals surface area (Å²) >= 11 is 0. The number of rotatable bonds is 3. The highest BCUT2D eigenvalue weighted by atomic mass is 16.2. The Balaban J connectivity index is 1.27. The van der Waals surface area contributed by atoms with E-state index in [0.29, 0.717) is 68.8 Å². The largest absolute Gasteiger partial charge is 0.339 e. The van der Waals surface area contributed by atoms with Crippen molar-refractivity contribution in [2.75, 3.05) is 52.4 Å². The molecule has 0 aliphatic carbocycles. The second-order valence-corrected chi connectivity index (χ2v) is 9.94. The number of nitrogens with one attached hydrogen (secondary N) is 1. The lowest BCUT2D eigenvalue weighted by Gasteiger charge is -2.53. The monoisotopic (exact) mass is 419 g/mol. The van der Waals surface area contributed by atoms with Crippen molar-refractivity contribution in [3.05, 3.63) is 0 Å². The van der Waals surface area contributed by atoms with Crippen molar-refractivity contribution in [2.45, 2.75) is 52.0 Å². The highest BCUT2D eigenvalue weighted by Crippen LogP contribution is 2.38. The molecule has 8 nitrogen and oxygen atoms in total. The van der Waals surface area contributed by atoms with Crippen LogP contribution in [0.4, 0.5) is 9.59 Å². The van der Waals surface area contributed by atoms with Crippen LogP contribution in [0.15, 0.2) is 0 Å². The molecule has 30 heavy (non-hydrogen) atoms. The standard InChI is InChI=1S/C22H37N5O3/c1-16(2)6-7-23-21(29)24-8-10-25(11-9-24)22(30)26-13-17-12-18(15-26)19-4-3-5-20(28)27(19)14-17/h16-19H,3-15H2,1-2H3,(H,23,29)/t17?,18?,19-/m1/s1. The van der Waals surface area contributed by atoms with Gasteiger partial charge < -0.3 is 24.9 Å². The van der Waals surface area contributed by atoms with E-state index in [1.807, 2.05) is 14.7 Å². The van der Waals surface area contributed by atoms with Gasteiger partial charge in [0.2, 0.25) is 5.91 Å². The fourth-order valence-electron chi connectivity index (χ4n) is 5.65. The Bertz CT molecular complexity index is 661. The minimum atomic E-state index is -0.0164. The van der Waals surface area contributed by atoms with Crippen LogP contribution in [0.25, 0.3) is 0 Å². The van der Waals surface area contributed by atoms with Crippen molar-refractivity contribution in [3.63, 3.8) is 0 Å². The highest BCUT2D eigenvalue weighted by molar-refractivity contribution is 5.78.